The lowest BCUT2D eigenvalue weighted by Gasteiger charge is -2.34. The summed E-state index contributed by atoms with van der Waals surface area (Å²) in [7, 11) is 3.13. The molecule has 1 aromatic rings. The van der Waals surface area contributed by atoms with E-state index in [1.165, 1.54) is 25.7 Å². The van der Waals surface area contributed by atoms with Crippen molar-refractivity contribution in [2.24, 2.45) is 5.41 Å². The summed E-state index contributed by atoms with van der Waals surface area (Å²) < 4.78 is 16.4. The van der Waals surface area contributed by atoms with Crippen LogP contribution >= 0.6 is 0 Å². The third-order valence-electron chi connectivity index (χ3n) is 6.44. The van der Waals surface area contributed by atoms with Crippen molar-refractivity contribution in [3.63, 3.8) is 0 Å². The van der Waals surface area contributed by atoms with Gasteiger partial charge in [0.2, 0.25) is 5.91 Å². The van der Waals surface area contributed by atoms with E-state index in [-0.39, 0.29) is 18.4 Å². The van der Waals surface area contributed by atoms with Gasteiger partial charge in [0.15, 0.2) is 17.6 Å². The second-order valence-electron chi connectivity index (χ2n) is 8.11. The van der Waals surface area contributed by atoms with E-state index in [4.69, 9.17) is 14.2 Å². The fourth-order valence-corrected chi connectivity index (χ4v) is 4.91. The largest absolute Gasteiger partial charge is 0.493 e. The molecule has 7 nitrogen and oxygen atoms in total. The predicted octanol–water partition coefficient (Wildman–Crippen LogP) is 2.05. The number of hydrogen-bond donors (Lipinski definition) is 1. The van der Waals surface area contributed by atoms with E-state index in [2.05, 4.69) is 5.32 Å². The third kappa shape index (κ3) is 3.43. The molecule has 0 bridgehead atoms. The second kappa shape index (κ2) is 7.62. The summed E-state index contributed by atoms with van der Waals surface area (Å²) in [4.78, 5) is 27.2. The molecular formula is C21H28N2O5. The lowest BCUT2D eigenvalue weighted by molar-refractivity contribution is -0.154. The Kier molecular flexibility index (Phi) is 5.19. The highest BCUT2D eigenvalue weighted by Crippen LogP contribution is 2.45. The number of nitrogens with one attached hydrogen (secondary N) is 1. The maximum atomic E-state index is 13.3. The number of methoxy groups -OCH3 is 2. The summed E-state index contributed by atoms with van der Waals surface area (Å²) in [5, 5.41) is 2.93. The van der Waals surface area contributed by atoms with Gasteiger partial charge in [-0.15, -0.1) is 0 Å². The summed E-state index contributed by atoms with van der Waals surface area (Å²) in [6.07, 6.45) is 5.26. The summed E-state index contributed by atoms with van der Waals surface area (Å²) in [6.45, 7) is 1.47. The van der Waals surface area contributed by atoms with Gasteiger partial charge in [-0.3, -0.25) is 9.59 Å². The summed E-state index contributed by atoms with van der Waals surface area (Å²) in [6, 6.07) is 4.86. The molecule has 2 atom stereocenters. The number of likely N-dealkylation sites (tertiary alicyclic amines) is 1. The molecule has 2 saturated heterocycles. The minimum absolute atomic E-state index is 0.0384. The van der Waals surface area contributed by atoms with Gasteiger partial charge in [0.05, 0.1) is 20.3 Å². The van der Waals surface area contributed by atoms with Crippen LogP contribution in [0.3, 0.4) is 0 Å². The van der Waals surface area contributed by atoms with Crippen molar-refractivity contribution in [1.82, 2.24) is 10.2 Å². The lowest BCUT2D eigenvalue weighted by atomic mass is 9.86. The fraction of sp³-hybridized carbons (Fsp3) is 0.619. The maximum absolute atomic E-state index is 13.3. The highest BCUT2D eigenvalue weighted by Gasteiger charge is 2.45. The number of hydrogen-bond acceptors (Lipinski definition) is 5. The Labute approximate surface area is 165 Å². The average molecular weight is 388 g/mol. The van der Waals surface area contributed by atoms with Crippen molar-refractivity contribution >= 4 is 11.8 Å². The summed E-state index contributed by atoms with van der Waals surface area (Å²) >= 11 is 0. The Morgan fingerprint density at radius 2 is 1.93 bits per heavy atom. The van der Waals surface area contributed by atoms with E-state index in [1.807, 2.05) is 11.0 Å². The Bertz CT molecular complexity index is 759. The Hall–Kier alpha value is -2.28. The van der Waals surface area contributed by atoms with Gasteiger partial charge in [0.1, 0.15) is 6.61 Å². The van der Waals surface area contributed by atoms with Crippen LogP contribution in [-0.2, 0) is 14.3 Å². The normalized spacial score (nSPS) is 26.4. The molecule has 0 aromatic heterocycles. The molecule has 0 unspecified atom stereocenters. The zero-order valence-electron chi connectivity index (χ0n) is 16.5. The maximum Gasteiger partial charge on any atom is 0.254 e. The van der Waals surface area contributed by atoms with Crippen molar-refractivity contribution in [2.75, 3.05) is 33.9 Å². The number of benzene rings is 1. The molecule has 4 rings (SSSR count). The van der Waals surface area contributed by atoms with Crippen molar-refractivity contribution in [1.29, 1.82) is 0 Å². The number of morpholine rings is 1. The predicted molar refractivity (Wildman–Crippen MR) is 102 cm³/mol. The van der Waals surface area contributed by atoms with Crippen molar-refractivity contribution in [3.05, 3.63) is 23.8 Å². The van der Waals surface area contributed by atoms with E-state index in [0.29, 0.717) is 16.9 Å². The molecule has 1 aliphatic carbocycles. The zero-order valence-corrected chi connectivity index (χ0v) is 16.5. The van der Waals surface area contributed by atoms with Gasteiger partial charge in [-0.25, -0.2) is 0 Å². The van der Waals surface area contributed by atoms with Crippen molar-refractivity contribution < 1.29 is 23.8 Å². The van der Waals surface area contributed by atoms with Crippen LogP contribution in [0.5, 0.6) is 11.5 Å². The molecule has 3 aliphatic rings. The molecule has 1 N–H and O–H groups in total. The number of nitrogens with zero attached hydrogens (tertiary/aromatic N) is 1. The SMILES string of the molecule is COc1ccc([C@H]2NC(=O)CO[C@@H]2C(=O)N2CCC3(CCCC3)C2)cc1OC. The van der Waals surface area contributed by atoms with Crippen LogP contribution in [-0.4, -0.2) is 56.7 Å². The van der Waals surface area contributed by atoms with Crippen LogP contribution in [0.25, 0.3) is 0 Å². The fourth-order valence-electron chi connectivity index (χ4n) is 4.91. The van der Waals surface area contributed by atoms with Crippen LogP contribution < -0.4 is 14.8 Å². The van der Waals surface area contributed by atoms with E-state index in [9.17, 15) is 9.59 Å². The number of carbonyl (C=O) groups is 2. The van der Waals surface area contributed by atoms with E-state index in [0.717, 1.165) is 25.1 Å². The first-order chi connectivity index (χ1) is 13.5. The number of ether oxygens (including phenoxy) is 3. The van der Waals surface area contributed by atoms with E-state index >= 15 is 0 Å². The monoisotopic (exact) mass is 388 g/mol. The Balaban J connectivity index is 1.56. The molecule has 28 heavy (non-hydrogen) atoms. The highest BCUT2D eigenvalue weighted by atomic mass is 16.5. The highest BCUT2D eigenvalue weighted by molar-refractivity contribution is 5.86. The molecule has 152 valence electrons. The van der Waals surface area contributed by atoms with E-state index < -0.39 is 12.1 Å². The quantitative estimate of drug-likeness (QED) is 0.854. The second-order valence-corrected chi connectivity index (χ2v) is 8.11. The molecule has 2 heterocycles. The van der Waals surface area contributed by atoms with Gasteiger partial charge in [0, 0.05) is 13.1 Å². The molecule has 1 spiro atoms. The molecule has 1 aromatic carbocycles. The first-order valence-corrected chi connectivity index (χ1v) is 9.97. The third-order valence-corrected chi connectivity index (χ3v) is 6.44. The van der Waals surface area contributed by atoms with Crippen LogP contribution in [0.15, 0.2) is 18.2 Å². The smallest absolute Gasteiger partial charge is 0.254 e. The molecule has 2 amide bonds. The molecular weight excluding hydrogens is 360 g/mol. The number of carbonyl (C=O) groups excluding carboxylic acids is 2. The van der Waals surface area contributed by atoms with E-state index in [1.54, 1.807) is 26.4 Å². The van der Waals surface area contributed by atoms with Gasteiger partial charge < -0.3 is 24.4 Å². The first kappa shape index (κ1) is 19.1. The topological polar surface area (TPSA) is 77.1 Å². The molecule has 0 radical (unpaired) electrons. The van der Waals surface area contributed by atoms with Crippen LogP contribution in [0.4, 0.5) is 0 Å². The van der Waals surface area contributed by atoms with Gasteiger partial charge in [-0.2, -0.15) is 0 Å². The minimum Gasteiger partial charge on any atom is -0.493 e. The number of rotatable bonds is 4. The zero-order chi connectivity index (χ0) is 19.7. The van der Waals surface area contributed by atoms with Crippen LogP contribution in [0, 0.1) is 5.41 Å². The van der Waals surface area contributed by atoms with Gasteiger partial charge in [0.25, 0.3) is 5.91 Å². The standard InChI is InChI=1S/C21H28N2O5/c1-26-15-6-5-14(11-16(15)27-2)18-19(28-12-17(24)22-18)20(25)23-10-9-21(13-23)7-3-4-8-21/h5-6,11,18-19H,3-4,7-10,12-13H2,1-2H3,(H,22,24)/t18-,19+/m1/s1. The number of amides is 2. The van der Waals surface area contributed by atoms with Crippen molar-refractivity contribution in [2.45, 2.75) is 44.2 Å². The lowest BCUT2D eigenvalue weighted by Crippen LogP contribution is -2.53. The van der Waals surface area contributed by atoms with Crippen LogP contribution in [0.1, 0.15) is 43.7 Å². The Morgan fingerprint density at radius 3 is 2.64 bits per heavy atom. The molecule has 1 saturated carbocycles. The van der Waals surface area contributed by atoms with Crippen LogP contribution in [0.2, 0.25) is 0 Å². The average Bonchev–Trinajstić information content (AvgIpc) is 3.36. The van der Waals surface area contributed by atoms with Gasteiger partial charge >= 0.3 is 0 Å². The first-order valence-electron chi connectivity index (χ1n) is 9.97. The van der Waals surface area contributed by atoms with Gasteiger partial charge in [-0.1, -0.05) is 18.9 Å². The summed E-state index contributed by atoms with van der Waals surface area (Å²) in [5.41, 5.74) is 1.06. The minimum atomic E-state index is -0.729. The summed E-state index contributed by atoms with van der Waals surface area (Å²) in [5.74, 6) is 0.887. The van der Waals surface area contributed by atoms with Crippen molar-refractivity contribution in [3.8, 4) is 11.5 Å². The molecule has 3 fully saturated rings. The van der Waals surface area contributed by atoms with Gasteiger partial charge in [-0.05, 0) is 42.4 Å². The molecule has 2 aliphatic heterocycles. The molecule has 7 heteroatoms. The Morgan fingerprint density at radius 1 is 1.18 bits per heavy atom.